The molecule has 0 fully saturated rings. The number of nitrogens with two attached hydrogens (primary N) is 1. The first kappa shape index (κ1) is 7.79. The Morgan fingerprint density at radius 2 is 2.18 bits per heavy atom. The van der Waals surface area contributed by atoms with Crippen molar-refractivity contribution in [2.45, 2.75) is 13.8 Å². The van der Waals surface area contributed by atoms with Crippen molar-refractivity contribution in [3.63, 3.8) is 0 Å². The summed E-state index contributed by atoms with van der Waals surface area (Å²) in [5, 5.41) is 0. The second-order valence-electron chi connectivity index (χ2n) is 2.45. The molecule has 1 rings (SSSR count). The van der Waals surface area contributed by atoms with E-state index in [1.807, 2.05) is 32.0 Å². The summed E-state index contributed by atoms with van der Waals surface area (Å²) in [5.41, 5.74) is 8.43. The summed E-state index contributed by atoms with van der Waals surface area (Å²) < 4.78 is 0. The van der Waals surface area contributed by atoms with Crippen LogP contribution in [0.5, 0.6) is 0 Å². The van der Waals surface area contributed by atoms with Crippen molar-refractivity contribution in [2.24, 2.45) is 4.99 Å². The SMILES string of the molecule is C/C=N/c1cc(C)ccc1N. The Hall–Kier alpha value is -1.31. The summed E-state index contributed by atoms with van der Waals surface area (Å²) >= 11 is 0. The molecule has 0 heterocycles. The molecule has 2 heteroatoms. The zero-order chi connectivity index (χ0) is 8.27. The van der Waals surface area contributed by atoms with Crippen molar-refractivity contribution >= 4 is 17.6 Å². The van der Waals surface area contributed by atoms with Crippen LogP contribution in [0.4, 0.5) is 11.4 Å². The van der Waals surface area contributed by atoms with Crippen LogP contribution < -0.4 is 5.73 Å². The Balaban J connectivity index is 3.12. The van der Waals surface area contributed by atoms with E-state index in [0.717, 1.165) is 11.4 Å². The first-order valence-electron chi connectivity index (χ1n) is 3.59. The van der Waals surface area contributed by atoms with Crippen LogP contribution in [0.15, 0.2) is 23.2 Å². The minimum absolute atomic E-state index is 0.730. The van der Waals surface area contributed by atoms with Gasteiger partial charge < -0.3 is 5.73 Å². The molecule has 2 N–H and O–H groups in total. The third-order valence-corrected chi connectivity index (χ3v) is 1.45. The molecular formula is C9H12N2. The molecule has 0 aliphatic carbocycles. The van der Waals surface area contributed by atoms with Gasteiger partial charge in [-0.3, -0.25) is 4.99 Å². The van der Waals surface area contributed by atoms with Gasteiger partial charge in [0, 0.05) is 6.21 Å². The molecule has 1 aromatic carbocycles. The lowest BCUT2D eigenvalue weighted by atomic mass is 10.2. The first-order chi connectivity index (χ1) is 5.24. The topological polar surface area (TPSA) is 38.4 Å². The highest BCUT2D eigenvalue weighted by molar-refractivity contribution is 5.70. The van der Waals surface area contributed by atoms with Crippen LogP contribution in [0.1, 0.15) is 12.5 Å². The van der Waals surface area contributed by atoms with Gasteiger partial charge >= 0.3 is 0 Å². The molecule has 0 saturated heterocycles. The quantitative estimate of drug-likeness (QED) is 0.481. The molecule has 11 heavy (non-hydrogen) atoms. The number of nitrogen functional groups attached to an aromatic ring is 1. The van der Waals surface area contributed by atoms with Gasteiger partial charge in [0.15, 0.2) is 0 Å². The van der Waals surface area contributed by atoms with Crippen molar-refractivity contribution in [1.82, 2.24) is 0 Å². The summed E-state index contributed by atoms with van der Waals surface area (Å²) in [6, 6.07) is 5.82. The van der Waals surface area contributed by atoms with Gasteiger partial charge in [-0.05, 0) is 31.5 Å². The molecule has 0 aliphatic rings. The Bertz CT molecular complexity index is 277. The summed E-state index contributed by atoms with van der Waals surface area (Å²) in [6.45, 7) is 3.90. The van der Waals surface area contributed by atoms with Crippen molar-refractivity contribution in [2.75, 3.05) is 5.73 Å². The minimum atomic E-state index is 0.730. The van der Waals surface area contributed by atoms with Crippen LogP contribution in [0.2, 0.25) is 0 Å². The molecule has 2 nitrogen and oxygen atoms in total. The highest BCUT2D eigenvalue weighted by Crippen LogP contribution is 2.21. The third kappa shape index (κ3) is 1.80. The van der Waals surface area contributed by atoms with Crippen LogP contribution in [0.3, 0.4) is 0 Å². The van der Waals surface area contributed by atoms with Crippen LogP contribution in [0.25, 0.3) is 0 Å². The van der Waals surface area contributed by atoms with Gasteiger partial charge in [-0.25, -0.2) is 0 Å². The van der Waals surface area contributed by atoms with Gasteiger partial charge in [-0.15, -0.1) is 0 Å². The Morgan fingerprint density at radius 1 is 1.45 bits per heavy atom. The Kier molecular flexibility index (Phi) is 2.26. The molecule has 0 bridgehead atoms. The maximum Gasteiger partial charge on any atom is 0.0857 e. The van der Waals surface area contributed by atoms with E-state index in [2.05, 4.69) is 4.99 Å². The zero-order valence-electron chi connectivity index (χ0n) is 6.83. The lowest BCUT2D eigenvalue weighted by Crippen LogP contribution is -1.85. The summed E-state index contributed by atoms with van der Waals surface area (Å²) in [7, 11) is 0. The highest BCUT2D eigenvalue weighted by Gasteiger charge is 1.94. The maximum absolute atomic E-state index is 5.66. The van der Waals surface area contributed by atoms with Gasteiger partial charge in [-0.1, -0.05) is 6.07 Å². The van der Waals surface area contributed by atoms with E-state index in [1.165, 1.54) is 5.56 Å². The van der Waals surface area contributed by atoms with Gasteiger partial charge in [0.05, 0.1) is 11.4 Å². The number of nitrogens with zero attached hydrogens (tertiary/aromatic N) is 1. The molecule has 0 amide bonds. The van der Waals surface area contributed by atoms with Gasteiger partial charge in [0.25, 0.3) is 0 Å². The molecular weight excluding hydrogens is 136 g/mol. The average Bonchev–Trinajstić information content (AvgIpc) is 1.98. The molecule has 0 aliphatic heterocycles. The normalized spacial score (nSPS) is 10.7. The predicted molar refractivity (Wildman–Crippen MR) is 49.4 cm³/mol. The monoisotopic (exact) mass is 148 g/mol. The smallest absolute Gasteiger partial charge is 0.0857 e. The third-order valence-electron chi connectivity index (χ3n) is 1.45. The average molecular weight is 148 g/mol. The number of aryl methyl sites for hydroxylation is 1. The van der Waals surface area contributed by atoms with Crippen molar-refractivity contribution < 1.29 is 0 Å². The number of aliphatic imine (C=N–C) groups is 1. The van der Waals surface area contributed by atoms with Crippen molar-refractivity contribution in [3.05, 3.63) is 23.8 Å². The fraction of sp³-hybridized carbons (Fsp3) is 0.222. The largest absolute Gasteiger partial charge is 0.397 e. The fourth-order valence-corrected chi connectivity index (χ4v) is 0.905. The van der Waals surface area contributed by atoms with E-state index in [0.29, 0.717) is 0 Å². The number of hydrogen-bond acceptors (Lipinski definition) is 2. The van der Waals surface area contributed by atoms with Crippen LogP contribution in [0, 0.1) is 6.92 Å². The highest BCUT2D eigenvalue weighted by atomic mass is 14.8. The molecule has 0 spiro atoms. The van der Waals surface area contributed by atoms with E-state index in [4.69, 9.17) is 5.73 Å². The fourth-order valence-electron chi connectivity index (χ4n) is 0.905. The van der Waals surface area contributed by atoms with E-state index < -0.39 is 0 Å². The number of anilines is 1. The minimum Gasteiger partial charge on any atom is -0.397 e. The number of hydrogen-bond donors (Lipinski definition) is 1. The molecule has 0 radical (unpaired) electrons. The first-order valence-corrected chi connectivity index (χ1v) is 3.59. The Labute approximate surface area is 66.8 Å². The second-order valence-corrected chi connectivity index (χ2v) is 2.45. The standard InChI is InChI=1S/C9H12N2/c1-3-11-9-6-7(2)4-5-8(9)10/h3-6H,10H2,1-2H3/b11-3+. The number of benzene rings is 1. The van der Waals surface area contributed by atoms with Crippen molar-refractivity contribution in [1.29, 1.82) is 0 Å². The number of rotatable bonds is 1. The van der Waals surface area contributed by atoms with Crippen molar-refractivity contribution in [3.8, 4) is 0 Å². The van der Waals surface area contributed by atoms with Gasteiger partial charge in [0.2, 0.25) is 0 Å². The molecule has 0 unspecified atom stereocenters. The van der Waals surface area contributed by atoms with Gasteiger partial charge in [-0.2, -0.15) is 0 Å². The zero-order valence-corrected chi connectivity index (χ0v) is 6.83. The van der Waals surface area contributed by atoms with E-state index in [1.54, 1.807) is 6.21 Å². The van der Waals surface area contributed by atoms with Crippen LogP contribution in [-0.2, 0) is 0 Å². The molecule has 58 valence electrons. The summed E-state index contributed by atoms with van der Waals surface area (Å²) in [6.07, 6.45) is 1.74. The lowest BCUT2D eigenvalue weighted by Gasteiger charge is -1.99. The molecule has 0 saturated carbocycles. The van der Waals surface area contributed by atoms with E-state index >= 15 is 0 Å². The van der Waals surface area contributed by atoms with Crippen LogP contribution in [-0.4, -0.2) is 6.21 Å². The lowest BCUT2D eigenvalue weighted by molar-refractivity contribution is 1.43. The van der Waals surface area contributed by atoms with E-state index in [-0.39, 0.29) is 0 Å². The summed E-state index contributed by atoms with van der Waals surface area (Å²) in [5.74, 6) is 0. The Morgan fingerprint density at radius 3 is 2.82 bits per heavy atom. The van der Waals surface area contributed by atoms with E-state index in [9.17, 15) is 0 Å². The molecule has 0 atom stereocenters. The summed E-state index contributed by atoms with van der Waals surface area (Å²) in [4.78, 5) is 4.12. The molecule has 0 aromatic heterocycles. The maximum atomic E-state index is 5.66. The molecule has 1 aromatic rings. The second kappa shape index (κ2) is 3.19. The predicted octanol–water partition coefficient (Wildman–Crippen LogP) is 2.30. The van der Waals surface area contributed by atoms with Gasteiger partial charge in [0.1, 0.15) is 0 Å². The van der Waals surface area contributed by atoms with Crippen LogP contribution >= 0.6 is 0 Å².